The molecular weight excluding hydrogens is 247 g/mol. The lowest BCUT2D eigenvalue weighted by molar-refractivity contribution is 0.416. The van der Waals surface area contributed by atoms with E-state index >= 15 is 0 Å². The first-order chi connectivity index (χ1) is 7.54. The van der Waals surface area contributed by atoms with Gasteiger partial charge >= 0.3 is 0 Å². The molecule has 1 fully saturated rings. The van der Waals surface area contributed by atoms with E-state index in [0.29, 0.717) is 22.3 Å². The van der Waals surface area contributed by atoms with Gasteiger partial charge in [0.05, 0.1) is 17.8 Å². The summed E-state index contributed by atoms with van der Waals surface area (Å²) in [5.41, 5.74) is 6.71. The average molecular weight is 261 g/mol. The monoisotopic (exact) mass is 260 g/mol. The molecule has 1 aliphatic carbocycles. The van der Waals surface area contributed by atoms with Gasteiger partial charge in [0, 0.05) is 17.1 Å². The summed E-state index contributed by atoms with van der Waals surface area (Å²) in [6.07, 6.45) is 2.10. The van der Waals surface area contributed by atoms with Crippen molar-refractivity contribution in [2.45, 2.75) is 18.4 Å². The van der Waals surface area contributed by atoms with Crippen LogP contribution >= 0.6 is 23.2 Å². The van der Waals surface area contributed by atoms with Gasteiger partial charge in [0.25, 0.3) is 0 Å². The number of halogens is 2. The Kier molecular flexibility index (Phi) is 3.19. The first-order valence-corrected chi connectivity index (χ1v) is 5.85. The number of methoxy groups -OCH3 is 1. The average Bonchev–Trinajstić information content (AvgIpc) is 2.94. The molecule has 5 heteroatoms. The van der Waals surface area contributed by atoms with Gasteiger partial charge < -0.3 is 15.8 Å². The van der Waals surface area contributed by atoms with Crippen molar-refractivity contribution in [2.75, 3.05) is 19.0 Å². The van der Waals surface area contributed by atoms with Gasteiger partial charge in [-0.3, -0.25) is 0 Å². The predicted molar refractivity (Wildman–Crippen MR) is 67.7 cm³/mol. The van der Waals surface area contributed by atoms with Crippen LogP contribution in [0, 0.1) is 0 Å². The number of nitrogens with two attached hydrogens (primary N) is 1. The van der Waals surface area contributed by atoms with Crippen LogP contribution in [0.4, 0.5) is 5.69 Å². The summed E-state index contributed by atoms with van der Waals surface area (Å²) in [5, 5.41) is 4.31. The van der Waals surface area contributed by atoms with Crippen LogP contribution in [0.15, 0.2) is 12.1 Å². The molecule has 1 aromatic rings. The number of ether oxygens (including phenoxy) is 1. The molecule has 1 saturated carbocycles. The Hall–Kier alpha value is -0.640. The van der Waals surface area contributed by atoms with Crippen molar-refractivity contribution in [2.24, 2.45) is 5.73 Å². The van der Waals surface area contributed by atoms with E-state index < -0.39 is 0 Å². The summed E-state index contributed by atoms with van der Waals surface area (Å²) in [7, 11) is 1.58. The van der Waals surface area contributed by atoms with Crippen molar-refractivity contribution in [3.05, 3.63) is 22.2 Å². The van der Waals surface area contributed by atoms with Crippen LogP contribution in [-0.4, -0.2) is 19.2 Å². The Labute approximate surface area is 105 Å². The van der Waals surface area contributed by atoms with E-state index in [1.54, 1.807) is 19.2 Å². The summed E-state index contributed by atoms with van der Waals surface area (Å²) < 4.78 is 5.22. The SMILES string of the molecule is COc1c(Cl)cc(Cl)cc1NCC1(N)CC1. The lowest BCUT2D eigenvalue weighted by Gasteiger charge is -2.15. The fourth-order valence-corrected chi connectivity index (χ4v) is 2.08. The first-order valence-electron chi connectivity index (χ1n) is 5.10. The van der Waals surface area contributed by atoms with Crippen molar-refractivity contribution < 1.29 is 4.74 Å². The summed E-state index contributed by atoms with van der Waals surface area (Å²) in [5.74, 6) is 0.607. The second-order valence-electron chi connectivity index (χ2n) is 4.18. The number of hydrogen-bond donors (Lipinski definition) is 2. The van der Waals surface area contributed by atoms with Crippen LogP contribution < -0.4 is 15.8 Å². The van der Waals surface area contributed by atoms with Gasteiger partial charge in [0.2, 0.25) is 0 Å². The molecule has 0 bridgehead atoms. The van der Waals surface area contributed by atoms with Gasteiger partial charge in [0.15, 0.2) is 5.75 Å². The van der Waals surface area contributed by atoms with Crippen molar-refractivity contribution in [3.8, 4) is 5.75 Å². The molecule has 1 aromatic carbocycles. The third-order valence-corrected chi connectivity index (χ3v) is 3.23. The Balaban J connectivity index is 2.17. The van der Waals surface area contributed by atoms with E-state index in [9.17, 15) is 0 Å². The smallest absolute Gasteiger partial charge is 0.160 e. The van der Waals surface area contributed by atoms with E-state index in [1.807, 2.05) is 0 Å². The Morgan fingerprint density at radius 3 is 2.69 bits per heavy atom. The van der Waals surface area contributed by atoms with Crippen LogP contribution in [0.25, 0.3) is 0 Å². The Bertz CT molecular complexity index is 405. The van der Waals surface area contributed by atoms with Gasteiger partial charge in [0.1, 0.15) is 0 Å². The maximum Gasteiger partial charge on any atom is 0.160 e. The van der Waals surface area contributed by atoms with Crippen molar-refractivity contribution >= 4 is 28.9 Å². The molecule has 2 rings (SSSR count). The molecule has 0 spiro atoms. The number of nitrogens with one attached hydrogen (secondary N) is 1. The minimum atomic E-state index is -0.0696. The number of rotatable bonds is 4. The highest BCUT2D eigenvalue weighted by Crippen LogP contribution is 2.38. The third-order valence-electron chi connectivity index (χ3n) is 2.74. The number of hydrogen-bond acceptors (Lipinski definition) is 3. The quantitative estimate of drug-likeness (QED) is 0.876. The second-order valence-corrected chi connectivity index (χ2v) is 5.03. The normalized spacial score (nSPS) is 17.0. The number of anilines is 1. The maximum absolute atomic E-state index is 6.02. The summed E-state index contributed by atoms with van der Waals surface area (Å²) in [6, 6.07) is 3.44. The molecule has 0 saturated heterocycles. The molecule has 3 N–H and O–H groups in total. The molecule has 0 amide bonds. The Morgan fingerprint density at radius 2 is 2.12 bits per heavy atom. The predicted octanol–water partition coefficient (Wildman–Crippen LogP) is 2.91. The topological polar surface area (TPSA) is 47.3 Å². The first kappa shape index (κ1) is 11.8. The van der Waals surface area contributed by atoms with Gasteiger partial charge in [-0.15, -0.1) is 0 Å². The lowest BCUT2D eigenvalue weighted by atomic mass is 10.2. The van der Waals surface area contributed by atoms with E-state index in [0.717, 1.165) is 18.5 Å². The van der Waals surface area contributed by atoms with Gasteiger partial charge in [-0.2, -0.15) is 0 Å². The fraction of sp³-hybridized carbons (Fsp3) is 0.455. The zero-order valence-corrected chi connectivity index (χ0v) is 10.5. The van der Waals surface area contributed by atoms with E-state index in [2.05, 4.69) is 5.32 Å². The highest BCUT2D eigenvalue weighted by molar-refractivity contribution is 6.36. The highest BCUT2D eigenvalue weighted by Gasteiger charge is 2.37. The molecule has 1 aliphatic rings. The van der Waals surface area contributed by atoms with Crippen LogP contribution in [0.2, 0.25) is 10.0 Å². The molecule has 16 heavy (non-hydrogen) atoms. The lowest BCUT2D eigenvalue weighted by Crippen LogP contribution is -2.31. The molecule has 3 nitrogen and oxygen atoms in total. The van der Waals surface area contributed by atoms with Crippen LogP contribution in [0.3, 0.4) is 0 Å². The minimum absolute atomic E-state index is 0.0696. The molecule has 0 atom stereocenters. The largest absolute Gasteiger partial charge is 0.493 e. The van der Waals surface area contributed by atoms with Crippen LogP contribution in [-0.2, 0) is 0 Å². The zero-order chi connectivity index (χ0) is 11.8. The van der Waals surface area contributed by atoms with Crippen molar-refractivity contribution in [1.82, 2.24) is 0 Å². The van der Waals surface area contributed by atoms with Crippen molar-refractivity contribution in [3.63, 3.8) is 0 Å². The van der Waals surface area contributed by atoms with Gasteiger partial charge in [-0.1, -0.05) is 23.2 Å². The zero-order valence-electron chi connectivity index (χ0n) is 9.02. The highest BCUT2D eigenvalue weighted by atomic mass is 35.5. The molecule has 0 aromatic heterocycles. The molecule has 88 valence electrons. The summed E-state index contributed by atoms with van der Waals surface area (Å²) in [6.45, 7) is 0.708. The Morgan fingerprint density at radius 1 is 1.44 bits per heavy atom. The van der Waals surface area contributed by atoms with Gasteiger partial charge in [-0.25, -0.2) is 0 Å². The molecule has 0 unspecified atom stereocenters. The van der Waals surface area contributed by atoms with E-state index in [4.69, 9.17) is 33.7 Å². The number of benzene rings is 1. The molecular formula is C11H14Cl2N2O. The third kappa shape index (κ3) is 2.54. The molecule has 0 heterocycles. The maximum atomic E-state index is 6.02. The molecule has 0 aliphatic heterocycles. The van der Waals surface area contributed by atoms with E-state index in [-0.39, 0.29) is 5.54 Å². The molecule has 0 radical (unpaired) electrons. The summed E-state index contributed by atoms with van der Waals surface area (Å²) >= 11 is 12.0. The van der Waals surface area contributed by atoms with E-state index in [1.165, 1.54) is 0 Å². The van der Waals surface area contributed by atoms with Crippen LogP contribution in [0.1, 0.15) is 12.8 Å². The van der Waals surface area contributed by atoms with Gasteiger partial charge in [-0.05, 0) is 25.0 Å². The fourth-order valence-electron chi connectivity index (χ4n) is 1.51. The summed E-state index contributed by atoms with van der Waals surface area (Å²) in [4.78, 5) is 0. The van der Waals surface area contributed by atoms with Crippen LogP contribution in [0.5, 0.6) is 5.75 Å². The van der Waals surface area contributed by atoms with Crippen molar-refractivity contribution in [1.29, 1.82) is 0 Å². The standard InChI is InChI=1S/C11H14Cl2N2O/c1-16-10-8(13)4-7(12)5-9(10)15-6-11(14)2-3-11/h4-5,15H,2-3,6,14H2,1H3. The minimum Gasteiger partial charge on any atom is -0.493 e. The second kappa shape index (κ2) is 4.32.